The van der Waals surface area contributed by atoms with Crippen LogP contribution in [0.5, 0.6) is 5.75 Å². The molecule has 4 rings (SSSR count). The number of hydrogen-bond acceptors (Lipinski definition) is 5. The van der Waals surface area contributed by atoms with Gasteiger partial charge in [-0.15, -0.1) is 11.3 Å². The fourth-order valence-electron chi connectivity index (χ4n) is 2.73. The average Bonchev–Trinajstić information content (AvgIpc) is 3.35. The van der Waals surface area contributed by atoms with E-state index in [-0.39, 0.29) is 16.8 Å². The van der Waals surface area contributed by atoms with E-state index in [1.54, 1.807) is 7.11 Å². The Labute approximate surface area is 162 Å². The van der Waals surface area contributed by atoms with Gasteiger partial charge in [-0.3, -0.25) is 4.79 Å². The highest BCUT2D eigenvalue weighted by Crippen LogP contribution is 2.29. The van der Waals surface area contributed by atoms with Crippen LogP contribution < -0.4 is 4.74 Å². The fraction of sp³-hybridized carbons (Fsp3) is 0.0500. The summed E-state index contributed by atoms with van der Waals surface area (Å²) in [5, 5.41) is 6.67. The molecule has 28 heavy (non-hydrogen) atoms. The van der Waals surface area contributed by atoms with Gasteiger partial charge >= 0.3 is 0 Å². The van der Waals surface area contributed by atoms with Crippen LogP contribution in [0, 0.1) is 11.6 Å². The van der Waals surface area contributed by atoms with Gasteiger partial charge in [0.25, 0.3) is 0 Å². The van der Waals surface area contributed by atoms with Crippen molar-refractivity contribution < 1.29 is 18.3 Å². The lowest BCUT2D eigenvalue weighted by Crippen LogP contribution is -1.95. The summed E-state index contributed by atoms with van der Waals surface area (Å²) in [6.45, 7) is 0. The van der Waals surface area contributed by atoms with Crippen LogP contribution in [-0.4, -0.2) is 28.2 Å². The number of aromatic nitrogens is 3. The Hall–Kier alpha value is -3.39. The Morgan fingerprint density at radius 3 is 2.61 bits per heavy atom. The number of benzene rings is 2. The van der Waals surface area contributed by atoms with Crippen molar-refractivity contribution in [3.05, 3.63) is 71.2 Å². The second-order valence-electron chi connectivity index (χ2n) is 5.86. The average molecular weight is 397 g/mol. The molecular weight excluding hydrogens is 384 g/mol. The summed E-state index contributed by atoms with van der Waals surface area (Å²) in [6, 6.07) is 10.6. The second-order valence-corrected chi connectivity index (χ2v) is 6.70. The maximum absolute atomic E-state index is 14.1. The fourth-order valence-corrected chi connectivity index (χ4v) is 3.48. The Balaban J connectivity index is 1.71. The molecule has 2 heterocycles. The number of hydrogen-bond donors (Lipinski definition) is 0. The van der Waals surface area contributed by atoms with Gasteiger partial charge in [0, 0.05) is 28.8 Å². The van der Waals surface area contributed by atoms with Crippen LogP contribution in [0.2, 0.25) is 0 Å². The molecule has 0 aliphatic rings. The normalized spacial score (nSPS) is 10.8. The molecule has 8 heteroatoms. The number of rotatable bonds is 5. The van der Waals surface area contributed by atoms with E-state index in [4.69, 9.17) is 4.74 Å². The van der Waals surface area contributed by atoms with Crippen LogP contribution in [0.3, 0.4) is 0 Å². The van der Waals surface area contributed by atoms with E-state index in [1.807, 2.05) is 29.6 Å². The molecule has 2 aromatic carbocycles. The third-order valence-corrected chi connectivity index (χ3v) is 4.96. The zero-order valence-electron chi connectivity index (χ0n) is 14.6. The molecular formula is C20H13F2N3O2S. The molecule has 0 aliphatic carbocycles. The standard InChI is InChI=1S/C20H13F2N3O2S/c1-27-15-5-2-12(3-6-15)18-11-28-20(23-18)25-9-13(10-26)19(24-25)16-7-4-14(21)8-17(16)22/h2-11H,1H3. The summed E-state index contributed by atoms with van der Waals surface area (Å²) in [5.74, 6) is -0.739. The van der Waals surface area contributed by atoms with Gasteiger partial charge in [0.2, 0.25) is 5.13 Å². The Morgan fingerprint density at radius 2 is 1.93 bits per heavy atom. The van der Waals surface area contributed by atoms with Crippen molar-refractivity contribution in [1.82, 2.24) is 14.8 Å². The van der Waals surface area contributed by atoms with Crippen molar-refractivity contribution in [3.63, 3.8) is 0 Å². The number of methoxy groups -OCH3 is 1. The highest BCUT2D eigenvalue weighted by Gasteiger charge is 2.17. The summed E-state index contributed by atoms with van der Waals surface area (Å²) >= 11 is 1.33. The highest BCUT2D eigenvalue weighted by atomic mass is 32.1. The third-order valence-electron chi connectivity index (χ3n) is 4.13. The molecule has 0 unspecified atom stereocenters. The van der Waals surface area contributed by atoms with Gasteiger partial charge < -0.3 is 4.74 Å². The molecule has 0 amide bonds. The van der Waals surface area contributed by atoms with E-state index in [0.29, 0.717) is 11.4 Å². The first-order valence-corrected chi connectivity index (χ1v) is 9.07. The maximum atomic E-state index is 14.1. The summed E-state index contributed by atoms with van der Waals surface area (Å²) in [4.78, 5) is 16.0. The molecule has 4 aromatic rings. The van der Waals surface area contributed by atoms with Gasteiger partial charge in [-0.2, -0.15) is 5.10 Å². The smallest absolute Gasteiger partial charge is 0.210 e. The Kier molecular flexibility index (Phi) is 4.70. The van der Waals surface area contributed by atoms with Crippen LogP contribution in [0.4, 0.5) is 8.78 Å². The number of carbonyl (C=O) groups is 1. The van der Waals surface area contributed by atoms with E-state index in [1.165, 1.54) is 28.3 Å². The zero-order chi connectivity index (χ0) is 19.7. The van der Waals surface area contributed by atoms with Gasteiger partial charge in [-0.05, 0) is 36.4 Å². The van der Waals surface area contributed by atoms with Crippen molar-refractivity contribution in [2.45, 2.75) is 0 Å². The van der Waals surface area contributed by atoms with Gasteiger partial charge in [-0.1, -0.05) is 0 Å². The SMILES string of the molecule is COc1ccc(-c2csc(-n3cc(C=O)c(-c4ccc(F)cc4F)n3)n2)cc1. The van der Waals surface area contributed by atoms with Crippen molar-refractivity contribution in [2.75, 3.05) is 7.11 Å². The second kappa shape index (κ2) is 7.32. The first-order valence-electron chi connectivity index (χ1n) is 8.19. The molecule has 0 N–H and O–H groups in total. The van der Waals surface area contributed by atoms with Gasteiger partial charge in [-0.25, -0.2) is 18.4 Å². The number of ether oxygens (including phenoxy) is 1. The van der Waals surface area contributed by atoms with Gasteiger partial charge in [0.1, 0.15) is 23.1 Å². The molecule has 2 aromatic heterocycles. The number of halogens is 2. The topological polar surface area (TPSA) is 57.0 Å². The minimum atomic E-state index is -0.786. The molecule has 0 atom stereocenters. The number of nitrogens with zero attached hydrogens (tertiary/aromatic N) is 3. The molecule has 0 radical (unpaired) electrons. The third kappa shape index (κ3) is 3.29. The Bertz CT molecular complexity index is 1150. The van der Waals surface area contributed by atoms with Crippen molar-refractivity contribution in [1.29, 1.82) is 0 Å². The van der Waals surface area contributed by atoms with Crippen LogP contribution in [0.15, 0.2) is 54.0 Å². The number of aldehydes is 1. The van der Waals surface area contributed by atoms with Crippen molar-refractivity contribution in [2.24, 2.45) is 0 Å². The van der Waals surface area contributed by atoms with Gasteiger partial charge in [0.15, 0.2) is 6.29 Å². The number of thiazole rings is 1. The van der Waals surface area contributed by atoms with Crippen LogP contribution in [-0.2, 0) is 0 Å². The molecule has 0 aliphatic heterocycles. The number of carbonyl (C=O) groups excluding carboxylic acids is 1. The first-order chi connectivity index (χ1) is 13.6. The first kappa shape index (κ1) is 18.0. The largest absolute Gasteiger partial charge is 0.497 e. The van der Waals surface area contributed by atoms with E-state index in [9.17, 15) is 13.6 Å². The van der Waals surface area contributed by atoms with Gasteiger partial charge in [0.05, 0.1) is 18.4 Å². The summed E-state index contributed by atoms with van der Waals surface area (Å²) in [7, 11) is 1.60. The van der Waals surface area contributed by atoms with E-state index >= 15 is 0 Å². The maximum Gasteiger partial charge on any atom is 0.210 e. The quantitative estimate of drug-likeness (QED) is 0.456. The molecule has 0 spiro atoms. The molecule has 0 saturated heterocycles. The van der Waals surface area contributed by atoms with Crippen LogP contribution in [0.1, 0.15) is 10.4 Å². The zero-order valence-corrected chi connectivity index (χ0v) is 15.4. The molecule has 5 nitrogen and oxygen atoms in total. The van der Waals surface area contributed by atoms with Crippen LogP contribution >= 0.6 is 11.3 Å². The molecule has 0 saturated carbocycles. The summed E-state index contributed by atoms with van der Waals surface area (Å²) < 4.78 is 33.9. The van der Waals surface area contributed by atoms with E-state index in [2.05, 4.69) is 10.1 Å². The molecule has 140 valence electrons. The molecule has 0 bridgehead atoms. The summed E-state index contributed by atoms with van der Waals surface area (Å²) in [5.41, 5.74) is 2.01. The summed E-state index contributed by atoms with van der Waals surface area (Å²) in [6.07, 6.45) is 2.06. The van der Waals surface area contributed by atoms with Crippen molar-refractivity contribution >= 4 is 17.6 Å². The highest BCUT2D eigenvalue weighted by molar-refractivity contribution is 7.12. The lowest BCUT2D eigenvalue weighted by Gasteiger charge is -2.01. The minimum absolute atomic E-state index is 0.0502. The van der Waals surface area contributed by atoms with Crippen molar-refractivity contribution in [3.8, 4) is 33.4 Å². The lowest BCUT2D eigenvalue weighted by molar-refractivity contribution is 0.112. The van der Waals surface area contributed by atoms with Crippen LogP contribution in [0.25, 0.3) is 27.6 Å². The van der Waals surface area contributed by atoms with E-state index < -0.39 is 11.6 Å². The van der Waals surface area contributed by atoms with E-state index in [0.717, 1.165) is 29.1 Å². The predicted molar refractivity (Wildman–Crippen MR) is 102 cm³/mol. The minimum Gasteiger partial charge on any atom is -0.497 e. The lowest BCUT2D eigenvalue weighted by atomic mass is 10.1. The predicted octanol–water partition coefficient (Wildman–Crippen LogP) is 4.76. The Morgan fingerprint density at radius 1 is 1.14 bits per heavy atom. The monoisotopic (exact) mass is 397 g/mol. The molecule has 0 fully saturated rings.